The molecular formula is C24H28ClNO2S. The highest BCUT2D eigenvalue weighted by Gasteiger charge is 2.10. The van der Waals surface area contributed by atoms with Gasteiger partial charge in [0.25, 0.3) is 0 Å². The van der Waals surface area contributed by atoms with Crippen molar-refractivity contribution in [2.24, 2.45) is 0 Å². The van der Waals surface area contributed by atoms with Gasteiger partial charge in [0.1, 0.15) is 10.0 Å². The van der Waals surface area contributed by atoms with Gasteiger partial charge in [-0.15, -0.1) is 11.3 Å². The van der Waals surface area contributed by atoms with Gasteiger partial charge in [0.2, 0.25) is 0 Å². The minimum absolute atomic E-state index is 0.398. The van der Waals surface area contributed by atoms with Gasteiger partial charge in [-0.1, -0.05) is 62.1 Å². The van der Waals surface area contributed by atoms with Gasteiger partial charge in [-0.25, -0.2) is 4.79 Å². The SMILES string of the molecule is CCCCCCc1ccc(-c2ccc(Cl)n2CCCc2ccc(C(=O)O)s2)cc1. The summed E-state index contributed by atoms with van der Waals surface area (Å²) in [6.07, 6.45) is 8.04. The zero-order chi connectivity index (χ0) is 20.6. The normalized spacial score (nSPS) is 11.1. The molecule has 0 amide bonds. The van der Waals surface area contributed by atoms with Crippen LogP contribution < -0.4 is 0 Å². The fourth-order valence-corrected chi connectivity index (χ4v) is 4.69. The highest BCUT2D eigenvalue weighted by molar-refractivity contribution is 7.13. The summed E-state index contributed by atoms with van der Waals surface area (Å²) in [4.78, 5) is 12.5. The van der Waals surface area contributed by atoms with E-state index in [1.807, 2.05) is 12.1 Å². The van der Waals surface area contributed by atoms with Gasteiger partial charge in [-0.05, 0) is 61.1 Å². The Morgan fingerprint density at radius 1 is 0.966 bits per heavy atom. The van der Waals surface area contributed by atoms with Crippen LogP contribution in [0.2, 0.25) is 5.15 Å². The second kappa shape index (κ2) is 10.7. The fourth-order valence-electron chi connectivity index (χ4n) is 3.56. The van der Waals surface area contributed by atoms with E-state index in [4.69, 9.17) is 16.7 Å². The summed E-state index contributed by atoms with van der Waals surface area (Å²) in [5.74, 6) is -0.856. The molecule has 1 aromatic carbocycles. The molecule has 3 aromatic rings. The quantitative estimate of drug-likeness (QED) is 0.324. The third-order valence-electron chi connectivity index (χ3n) is 5.17. The van der Waals surface area contributed by atoms with Crippen molar-refractivity contribution in [2.45, 2.75) is 58.4 Å². The van der Waals surface area contributed by atoms with E-state index in [1.165, 1.54) is 48.1 Å². The molecule has 0 aliphatic rings. The van der Waals surface area contributed by atoms with Crippen molar-refractivity contribution in [3.63, 3.8) is 0 Å². The van der Waals surface area contributed by atoms with Crippen molar-refractivity contribution in [3.05, 3.63) is 69.0 Å². The average molecular weight is 430 g/mol. The Morgan fingerprint density at radius 2 is 1.76 bits per heavy atom. The number of aromatic carboxylic acids is 1. The molecule has 2 heterocycles. The second-order valence-corrected chi connectivity index (χ2v) is 8.93. The minimum atomic E-state index is -0.856. The monoisotopic (exact) mass is 429 g/mol. The smallest absolute Gasteiger partial charge is 0.345 e. The molecule has 154 valence electrons. The summed E-state index contributed by atoms with van der Waals surface area (Å²) in [5, 5.41) is 9.79. The van der Waals surface area contributed by atoms with Crippen LogP contribution in [-0.4, -0.2) is 15.6 Å². The standard InChI is InChI=1S/C24H28ClNO2S/c1-2-3-4-5-7-18-9-11-19(12-10-18)21-14-16-23(25)26(21)17-6-8-20-13-15-22(29-20)24(27)28/h9-16H,2-8,17H2,1H3,(H,27,28). The number of nitrogens with zero attached hydrogens (tertiary/aromatic N) is 1. The number of halogens is 1. The van der Waals surface area contributed by atoms with Gasteiger partial charge >= 0.3 is 5.97 Å². The maximum absolute atomic E-state index is 11.0. The Labute approximate surface area is 182 Å². The maximum Gasteiger partial charge on any atom is 0.345 e. The number of rotatable bonds is 11. The summed E-state index contributed by atoms with van der Waals surface area (Å²) < 4.78 is 2.14. The number of benzene rings is 1. The predicted octanol–water partition coefficient (Wildman–Crippen LogP) is 7.32. The number of carboxylic acids is 1. The maximum atomic E-state index is 11.0. The molecule has 0 bridgehead atoms. The molecule has 0 aliphatic carbocycles. The molecule has 0 aliphatic heterocycles. The molecular weight excluding hydrogens is 402 g/mol. The van der Waals surface area contributed by atoms with E-state index < -0.39 is 5.97 Å². The van der Waals surface area contributed by atoms with E-state index in [0.717, 1.165) is 41.5 Å². The molecule has 0 unspecified atom stereocenters. The lowest BCUT2D eigenvalue weighted by Crippen LogP contribution is -2.01. The number of thiophene rings is 1. The van der Waals surface area contributed by atoms with E-state index in [-0.39, 0.29) is 0 Å². The first-order valence-electron chi connectivity index (χ1n) is 10.3. The number of hydrogen-bond acceptors (Lipinski definition) is 2. The van der Waals surface area contributed by atoms with Crippen molar-refractivity contribution < 1.29 is 9.90 Å². The summed E-state index contributed by atoms with van der Waals surface area (Å²) in [5.41, 5.74) is 3.70. The van der Waals surface area contributed by atoms with Crippen molar-refractivity contribution in [1.82, 2.24) is 4.57 Å². The summed E-state index contributed by atoms with van der Waals surface area (Å²) in [6.45, 7) is 3.04. The molecule has 2 aromatic heterocycles. The van der Waals surface area contributed by atoms with Gasteiger partial charge in [0.15, 0.2) is 0 Å². The molecule has 3 nitrogen and oxygen atoms in total. The summed E-state index contributed by atoms with van der Waals surface area (Å²) >= 11 is 7.79. The Hall–Kier alpha value is -2.04. The predicted molar refractivity (Wildman–Crippen MR) is 122 cm³/mol. The van der Waals surface area contributed by atoms with Crippen LogP contribution in [0.5, 0.6) is 0 Å². The fraction of sp³-hybridized carbons (Fsp3) is 0.375. The molecule has 29 heavy (non-hydrogen) atoms. The summed E-state index contributed by atoms with van der Waals surface area (Å²) in [6, 6.07) is 16.4. The van der Waals surface area contributed by atoms with Crippen LogP contribution in [-0.2, 0) is 19.4 Å². The van der Waals surface area contributed by atoms with Gasteiger partial charge in [0.05, 0.1) is 0 Å². The van der Waals surface area contributed by atoms with Crippen LogP contribution in [0, 0.1) is 0 Å². The van der Waals surface area contributed by atoms with E-state index in [2.05, 4.69) is 41.8 Å². The molecule has 5 heteroatoms. The Kier molecular flexibility index (Phi) is 7.96. The van der Waals surface area contributed by atoms with Gasteiger partial charge in [-0.3, -0.25) is 0 Å². The van der Waals surface area contributed by atoms with E-state index in [1.54, 1.807) is 6.07 Å². The number of hydrogen-bond donors (Lipinski definition) is 1. The molecule has 0 fully saturated rings. The minimum Gasteiger partial charge on any atom is -0.477 e. The summed E-state index contributed by atoms with van der Waals surface area (Å²) in [7, 11) is 0. The first-order chi connectivity index (χ1) is 14.1. The van der Waals surface area contributed by atoms with Crippen LogP contribution in [0.1, 0.15) is 59.1 Å². The van der Waals surface area contributed by atoms with E-state index >= 15 is 0 Å². The highest BCUT2D eigenvalue weighted by Crippen LogP contribution is 2.27. The van der Waals surface area contributed by atoms with Crippen LogP contribution in [0.25, 0.3) is 11.3 Å². The molecule has 0 saturated carbocycles. The van der Waals surface area contributed by atoms with Crippen LogP contribution in [0.3, 0.4) is 0 Å². The molecule has 0 saturated heterocycles. The Bertz CT molecular complexity index is 927. The number of unbranched alkanes of at least 4 members (excludes halogenated alkanes) is 3. The first-order valence-corrected chi connectivity index (χ1v) is 11.5. The average Bonchev–Trinajstić information content (AvgIpc) is 3.33. The largest absolute Gasteiger partial charge is 0.477 e. The highest BCUT2D eigenvalue weighted by atomic mass is 35.5. The van der Waals surface area contributed by atoms with Crippen molar-refractivity contribution in [2.75, 3.05) is 0 Å². The zero-order valence-corrected chi connectivity index (χ0v) is 18.4. The Balaban J connectivity index is 1.60. The number of carbonyl (C=O) groups is 1. The lowest BCUT2D eigenvalue weighted by Gasteiger charge is -2.11. The third kappa shape index (κ3) is 5.97. The van der Waals surface area contributed by atoms with Crippen LogP contribution in [0.4, 0.5) is 0 Å². The first kappa shape index (κ1) is 21.7. The molecule has 0 spiro atoms. The topological polar surface area (TPSA) is 42.2 Å². The van der Waals surface area contributed by atoms with Crippen LogP contribution >= 0.6 is 22.9 Å². The Morgan fingerprint density at radius 3 is 2.45 bits per heavy atom. The van der Waals surface area contributed by atoms with Gasteiger partial charge in [0, 0.05) is 17.1 Å². The van der Waals surface area contributed by atoms with Gasteiger partial charge in [-0.2, -0.15) is 0 Å². The number of aromatic nitrogens is 1. The van der Waals surface area contributed by atoms with Crippen molar-refractivity contribution >= 4 is 28.9 Å². The molecule has 0 radical (unpaired) electrons. The van der Waals surface area contributed by atoms with E-state index in [0.29, 0.717) is 4.88 Å². The lowest BCUT2D eigenvalue weighted by molar-refractivity contribution is 0.0702. The zero-order valence-electron chi connectivity index (χ0n) is 16.9. The van der Waals surface area contributed by atoms with Gasteiger partial charge < -0.3 is 9.67 Å². The number of aryl methyl sites for hydroxylation is 2. The van der Waals surface area contributed by atoms with Crippen LogP contribution in [0.15, 0.2) is 48.5 Å². The second-order valence-electron chi connectivity index (χ2n) is 7.38. The number of carboxylic acid groups (broad SMARTS) is 1. The molecule has 0 atom stereocenters. The van der Waals surface area contributed by atoms with Crippen molar-refractivity contribution in [1.29, 1.82) is 0 Å². The van der Waals surface area contributed by atoms with E-state index in [9.17, 15) is 4.79 Å². The lowest BCUT2D eigenvalue weighted by atomic mass is 10.0. The molecule has 3 rings (SSSR count). The third-order valence-corrected chi connectivity index (χ3v) is 6.64. The van der Waals surface area contributed by atoms with Crippen molar-refractivity contribution in [3.8, 4) is 11.3 Å². The molecule has 1 N–H and O–H groups in total.